The van der Waals surface area contributed by atoms with Gasteiger partial charge in [0, 0.05) is 17.5 Å². The molecule has 1 saturated heterocycles. The minimum Gasteiger partial charge on any atom is -0.394 e. The van der Waals surface area contributed by atoms with Crippen LogP contribution in [0.3, 0.4) is 0 Å². The van der Waals surface area contributed by atoms with Crippen LogP contribution in [0.4, 0.5) is 0 Å². The average molecular weight is 284 g/mol. The molecule has 0 aliphatic carbocycles. The number of rotatable bonds is 5. The molecule has 0 saturated carbocycles. The van der Waals surface area contributed by atoms with Crippen molar-refractivity contribution in [3.05, 3.63) is 34.3 Å². The lowest BCUT2D eigenvalue weighted by Crippen LogP contribution is -2.34. The second-order valence-electron chi connectivity index (χ2n) is 5.12. The summed E-state index contributed by atoms with van der Waals surface area (Å²) in [6.07, 6.45) is 2.33. The molecule has 2 N–H and O–H groups in total. The number of benzene rings is 1. The Balaban J connectivity index is 2.22. The van der Waals surface area contributed by atoms with Gasteiger partial charge in [-0.05, 0) is 49.6 Å². The van der Waals surface area contributed by atoms with E-state index in [9.17, 15) is 0 Å². The Labute approximate surface area is 119 Å². The van der Waals surface area contributed by atoms with E-state index < -0.39 is 0 Å². The van der Waals surface area contributed by atoms with Crippen molar-refractivity contribution in [2.45, 2.75) is 25.9 Å². The maximum absolute atomic E-state index is 9.02. The zero-order chi connectivity index (χ0) is 13.7. The Kier molecular flexibility index (Phi) is 5.64. The summed E-state index contributed by atoms with van der Waals surface area (Å²) in [7, 11) is 0. The van der Waals surface area contributed by atoms with Crippen LogP contribution in [0, 0.1) is 12.8 Å². The number of aliphatic hydroxyl groups is 1. The summed E-state index contributed by atoms with van der Waals surface area (Å²) in [5.41, 5.74) is 2.34. The van der Waals surface area contributed by atoms with Crippen molar-refractivity contribution in [3.63, 3.8) is 0 Å². The monoisotopic (exact) mass is 283 g/mol. The molecular weight excluding hydrogens is 262 g/mol. The Morgan fingerprint density at radius 1 is 1.53 bits per heavy atom. The minimum atomic E-state index is 0.0126. The van der Waals surface area contributed by atoms with Crippen LogP contribution in [-0.2, 0) is 4.74 Å². The molecule has 0 bridgehead atoms. The quantitative estimate of drug-likeness (QED) is 0.873. The molecule has 0 unspecified atom stereocenters. The summed E-state index contributed by atoms with van der Waals surface area (Å²) in [6.45, 7) is 4.54. The first-order valence-corrected chi connectivity index (χ1v) is 7.29. The summed E-state index contributed by atoms with van der Waals surface area (Å²) >= 11 is 6.11. The van der Waals surface area contributed by atoms with E-state index in [1.165, 1.54) is 12.0 Å². The fourth-order valence-corrected chi connectivity index (χ4v) is 2.90. The molecule has 0 amide bonds. The fraction of sp³-hybridized carbons (Fsp3) is 0.600. The van der Waals surface area contributed by atoms with Crippen LogP contribution in [0.5, 0.6) is 0 Å². The number of halogens is 1. The second-order valence-corrected chi connectivity index (χ2v) is 5.56. The molecule has 1 aliphatic heterocycles. The first-order chi connectivity index (χ1) is 9.22. The van der Waals surface area contributed by atoms with Gasteiger partial charge in [0.15, 0.2) is 0 Å². The smallest absolute Gasteiger partial charge is 0.0869 e. The van der Waals surface area contributed by atoms with Crippen molar-refractivity contribution in [3.8, 4) is 0 Å². The highest BCUT2D eigenvalue weighted by Gasteiger charge is 2.27. The third-order valence-corrected chi connectivity index (χ3v) is 3.93. The first kappa shape index (κ1) is 14.8. The van der Waals surface area contributed by atoms with Gasteiger partial charge in [-0.1, -0.05) is 17.7 Å². The summed E-state index contributed by atoms with van der Waals surface area (Å²) in [4.78, 5) is 0. The highest BCUT2D eigenvalue weighted by molar-refractivity contribution is 6.30. The average Bonchev–Trinajstić information content (AvgIpc) is 2.44. The maximum Gasteiger partial charge on any atom is 0.0869 e. The lowest BCUT2D eigenvalue weighted by Gasteiger charge is -2.32. The van der Waals surface area contributed by atoms with Crippen LogP contribution in [0.25, 0.3) is 0 Å². The molecule has 4 heteroatoms. The van der Waals surface area contributed by atoms with Gasteiger partial charge >= 0.3 is 0 Å². The molecule has 2 atom stereocenters. The molecule has 0 aromatic heterocycles. The van der Waals surface area contributed by atoms with Gasteiger partial charge in [0.2, 0.25) is 0 Å². The van der Waals surface area contributed by atoms with E-state index >= 15 is 0 Å². The highest BCUT2D eigenvalue weighted by atomic mass is 35.5. The van der Waals surface area contributed by atoms with Gasteiger partial charge in [-0.15, -0.1) is 0 Å². The molecule has 3 nitrogen and oxygen atoms in total. The second kappa shape index (κ2) is 7.25. The van der Waals surface area contributed by atoms with Crippen molar-refractivity contribution in [2.75, 3.05) is 26.3 Å². The van der Waals surface area contributed by atoms with Crippen molar-refractivity contribution in [1.82, 2.24) is 5.32 Å². The van der Waals surface area contributed by atoms with E-state index in [-0.39, 0.29) is 12.7 Å². The van der Waals surface area contributed by atoms with Crippen molar-refractivity contribution in [2.24, 2.45) is 5.92 Å². The van der Waals surface area contributed by atoms with Crippen LogP contribution in [0.15, 0.2) is 18.2 Å². The number of hydrogen-bond donors (Lipinski definition) is 2. The van der Waals surface area contributed by atoms with Gasteiger partial charge in [0.25, 0.3) is 0 Å². The van der Waals surface area contributed by atoms with Crippen LogP contribution in [-0.4, -0.2) is 31.4 Å². The van der Waals surface area contributed by atoms with Gasteiger partial charge in [0.1, 0.15) is 0 Å². The largest absolute Gasteiger partial charge is 0.394 e. The Morgan fingerprint density at radius 3 is 3.05 bits per heavy atom. The van der Waals surface area contributed by atoms with Crippen molar-refractivity contribution >= 4 is 11.6 Å². The molecule has 106 valence electrons. The Morgan fingerprint density at radius 2 is 2.37 bits per heavy atom. The van der Waals surface area contributed by atoms with E-state index in [2.05, 4.69) is 12.2 Å². The molecule has 1 fully saturated rings. The third-order valence-electron chi connectivity index (χ3n) is 3.70. The van der Waals surface area contributed by atoms with E-state index in [4.69, 9.17) is 21.4 Å². The first-order valence-electron chi connectivity index (χ1n) is 6.91. The maximum atomic E-state index is 9.02. The number of aliphatic hydroxyl groups excluding tert-OH is 1. The predicted molar refractivity (Wildman–Crippen MR) is 77.6 cm³/mol. The van der Waals surface area contributed by atoms with E-state index in [0.717, 1.165) is 30.1 Å². The summed E-state index contributed by atoms with van der Waals surface area (Å²) < 4.78 is 5.90. The Bertz CT molecular complexity index is 405. The van der Waals surface area contributed by atoms with Crippen LogP contribution in [0.2, 0.25) is 5.02 Å². The summed E-state index contributed by atoms with van der Waals surface area (Å²) in [5.74, 6) is 0.442. The topological polar surface area (TPSA) is 41.5 Å². The fourth-order valence-electron chi connectivity index (χ4n) is 2.71. The zero-order valence-corrected chi connectivity index (χ0v) is 12.1. The number of nitrogens with one attached hydrogen (secondary N) is 1. The van der Waals surface area contributed by atoms with E-state index in [0.29, 0.717) is 12.5 Å². The van der Waals surface area contributed by atoms with Crippen molar-refractivity contribution in [1.29, 1.82) is 0 Å². The van der Waals surface area contributed by atoms with Crippen molar-refractivity contribution < 1.29 is 9.84 Å². The summed E-state index contributed by atoms with van der Waals surface area (Å²) in [5, 5.41) is 13.2. The van der Waals surface area contributed by atoms with Crippen LogP contribution in [0.1, 0.15) is 30.1 Å². The lowest BCUT2D eigenvalue weighted by atomic mass is 9.87. The standard InChI is InChI=1S/C15H22ClNO2/c1-11-4-5-13(16)9-14(11)15(19-8-7-18)12-3-2-6-17-10-12/h4-5,9,12,15,17-18H,2-3,6-8,10H2,1H3/t12-,15-/m1/s1. The van der Waals surface area contributed by atoms with E-state index in [1.54, 1.807) is 0 Å². The van der Waals surface area contributed by atoms with Gasteiger partial charge in [0.05, 0.1) is 19.3 Å². The van der Waals surface area contributed by atoms with Gasteiger partial charge in [-0.3, -0.25) is 0 Å². The lowest BCUT2D eigenvalue weighted by molar-refractivity contribution is -0.0136. The molecule has 1 aromatic carbocycles. The molecule has 0 radical (unpaired) electrons. The predicted octanol–water partition coefficient (Wildman–Crippen LogP) is 2.70. The number of ether oxygens (including phenoxy) is 1. The molecule has 19 heavy (non-hydrogen) atoms. The molecule has 1 heterocycles. The van der Waals surface area contributed by atoms with E-state index in [1.807, 2.05) is 18.2 Å². The molecule has 2 rings (SSSR count). The van der Waals surface area contributed by atoms with Gasteiger partial charge < -0.3 is 15.2 Å². The number of aryl methyl sites for hydroxylation is 1. The van der Waals surface area contributed by atoms with Gasteiger partial charge in [-0.25, -0.2) is 0 Å². The number of piperidine rings is 1. The van der Waals surface area contributed by atoms with Gasteiger partial charge in [-0.2, -0.15) is 0 Å². The Hall–Kier alpha value is -0.610. The number of hydrogen-bond acceptors (Lipinski definition) is 3. The van der Waals surface area contributed by atoms with Crippen LogP contribution < -0.4 is 5.32 Å². The normalized spacial score (nSPS) is 21.3. The third kappa shape index (κ3) is 3.93. The molecule has 1 aliphatic rings. The minimum absolute atomic E-state index is 0.0126. The molecular formula is C15H22ClNO2. The zero-order valence-electron chi connectivity index (χ0n) is 11.4. The SMILES string of the molecule is Cc1ccc(Cl)cc1[C@H](OCCO)[C@@H]1CCCNC1. The molecule has 1 aromatic rings. The molecule has 0 spiro atoms. The highest BCUT2D eigenvalue weighted by Crippen LogP contribution is 2.33. The van der Waals surface area contributed by atoms with Crippen LogP contribution >= 0.6 is 11.6 Å². The summed E-state index contributed by atoms with van der Waals surface area (Å²) in [6, 6.07) is 5.93.